The highest BCUT2D eigenvalue weighted by Gasteiger charge is 2.23. The third-order valence-corrected chi connectivity index (χ3v) is 3.06. The number of anilines is 1. The molecule has 0 saturated heterocycles. The second-order valence-electron chi connectivity index (χ2n) is 5.35. The number of hydrogen-bond donors (Lipinski definition) is 3. The van der Waals surface area contributed by atoms with Crippen LogP contribution in [0.4, 0.5) is 5.69 Å². The average Bonchev–Trinajstić information content (AvgIpc) is 2.50. The zero-order chi connectivity index (χ0) is 17.4. The van der Waals surface area contributed by atoms with E-state index in [2.05, 4.69) is 10.6 Å². The van der Waals surface area contributed by atoms with Gasteiger partial charge in [0.15, 0.2) is 6.61 Å². The van der Waals surface area contributed by atoms with Crippen molar-refractivity contribution in [1.29, 1.82) is 0 Å². The SMILES string of the molecule is CCC(=O)Nc1cccc(OCC(=O)NC(C(=O)O)C(C)C)c1. The second-order valence-corrected chi connectivity index (χ2v) is 5.35. The van der Waals surface area contributed by atoms with Gasteiger partial charge in [0.25, 0.3) is 5.91 Å². The van der Waals surface area contributed by atoms with Crippen molar-refractivity contribution in [1.82, 2.24) is 5.32 Å². The van der Waals surface area contributed by atoms with Crippen molar-refractivity contribution in [3.05, 3.63) is 24.3 Å². The van der Waals surface area contributed by atoms with Crippen LogP contribution in [-0.2, 0) is 14.4 Å². The standard InChI is InChI=1S/C16H22N2O5/c1-4-13(19)17-11-6-5-7-12(8-11)23-9-14(20)18-15(10(2)3)16(21)22/h5-8,10,15H,4,9H2,1-3H3,(H,17,19)(H,18,20)(H,21,22). The molecule has 0 aromatic heterocycles. The van der Waals surface area contributed by atoms with Crippen LogP contribution in [0.15, 0.2) is 24.3 Å². The summed E-state index contributed by atoms with van der Waals surface area (Å²) in [6, 6.07) is 5.68. The van der Waals surface area contributed by atoms with E-state index in [0.717, 1.165) is 0 Å². The van der Waals surface area contributed by atoms with E-state index in [0.29, 0.717) is 17.9 Å². The van der Waals surface area contributed by atoms with Gasteiger partial charge < -0.3 is 20.5 Å². The highest BCUT2D eigenvalue weighted by Crippen LogP contribution is 2.17. The Morgan fingerprint density at radius 2 is 1.91 bits per heavy atom. The molecule has 0 radical (unpaired) electrons. The number of carboxylic acids is 1. The molecule has 1 aromatic rings. The maximum Gasteiger partial charge on any atom is 0.326 e. The molecule has 0 fully saturated rings. The minimum atomic E-state index is -1.09. The van der Waals surface area contributed by atoms with Crippen LogP contribution in [0, 0.1) is 5.92 Å². The number of benzene rings is 1. The average molecular weight is 322 g/mol. The third-order valence-electron chi connectivity index (χ3n) is 3.06. The Hall–Kier alpha value is -2.57. The Morgan fingerprint density at radius 3 is 2.48 bits per heavy atom. The summed E-state index contributed by atoms with van der Waals surface area (Å²) in [4.78, 5) is 34.1. The van der Waals surface area contributed by atoms with Crippen molar-refractivity contribution in [2.75, 3.05) is 11.9 Å². The fourth-order valence-corrected chi connectivity index (χ4v) is 1.79. The molecule has 23 heavy (non-hydrogen) atoms. The van der Waals surface area contributed by atoms with Gasteiger partial charge in [-0.25, -0.2) is 4.79 Å². The predicted octanol–water partition coefficient (Wildman–Crippen LogP) is 1.64. The molecule has 1 unspecified atom stereocenters. The summed E-state index contributed by atoms with van der Waals surface area (Å²) in [5.41, 5.74) is 0.570. The summed E-state index contributed by atoms with van der Waals surface area (Å²) in [6.07, 6.45) is 0.360. The Balaban J connectivity index is 2.57. The van der Waals surface area contributed by atoms with Crippen LogP contribution in [0.25, 0.3) is 0 Å². The zero-order valence-corrected chi connectivity index (χ0v) is 13.5. The van der Waals surface area contributed by atoms with Gasteiger partial charge in [0, 0.05) is 18.2 Å². The van der Waals surface area contributed by atoms with Crippen LogP contribution >= 0.6 is 0 Å². The lowest BCUT2D eigenvalue weighted by molar-refractivity contribution is -0.143. The fourth-order valence-electron chi connectivity index (χ4n) is 1.79. The van der Waals surface area contributed by atoms with Crippen molar-refractivity contribution in [2.24, 2.45) is 5.92 Å². The molecule has 0 spiro atoms. The lowest BCUT2D eigenvalue weighted by Crippen LogP contribution is -2.46. The topological polar surface area (TPSA) is 105 Å². The molecule has 7 nitrogen and oxygen atoms in total. The van der Waals surface area contributed by atoms with Crippen molar-refractivity contribution in [3.63, 3.8) is 0 Å². The first-order valence-electron chi connectivity index (χ1n) is 7.38. The zero-order valence-electron chi connectivity index (χ0n) is 13.5. The van der Waals surface area contributed by atoms with Crippen LogP contribution in [-0.4, -0.2) is 35.5 Å². The van der Waals surface area contributed by atoms with Gasteiger partial charge in [0.1, 0.15) is 11.8 Å². The van der Waals surface area contributed by atoms with Crippen LogP contribution in [0.3, 0.4) is 0 Å². The number of carboxylic acid groups (broad SMARTS) is 1. The van der Waals surface area contributed by atoms with E-state index in [4.69, 9.17) is 9.84 Å². The summed E-state index contributed by atoms with van der Waals surface area (Å²) in [5, 5.41) is 14.1. The molecule has 1 atom stereocenters. The summed E-state index contributed by atoms with van der Waals surface area (Å²) < 4.78 is 5.33. The highest BCUT2D eigenvalue weighted by molar-refractivity contribution is 5.90. The van der Waals surface area contributed by atoms with Gasteiger partial charge in [-0.1, -0.05) is 26.8 Å². The molecule has 0 aliphatic carbocycles. The highest BCUT2D eigenvalue weighted by atomic mass is 16.5. The van der Waals surface area contributed by atoms with Crippen molar-refractivity contribution in [2.45, 2.75) is 33.2 Å². The maximum absolute atomic E-state index is 11.8. The molecule has 0 aliphatic heterocycles. The summed E-state index contributed by atoms with van der Waals surface area (Å²) in [6.45, 7) is 4.86. The molecule has 1 aromatic carbocycles. The summed E-state index contributed by atoms with van der Waals surface area (Å²) in [5.74, 6) is -1.55. The lowest BCUT2D eigenvalue weighted by atomic mass is 10.1. The molecule has 1 rings (SSSR count). The van der Waals surface area contributed by atoms with E-state index in [1.807, 2.05) is 0 Å². The van der Waals surface area contributed by atoms with Crippen LogP contribution in [0.2, 0.25) is 0 Å². The number of hydrogen-bond acceptors (Lipinski definition) is 4. The normalized spacial score (nSPS) is 11.7. The lowest BCUT2D eigenvalue weighted by Gasteiger charge is -2.18. The number of carbonyl (C=O) groups is 3. The predicted molar refractivity (Wildman–Crippen MR) is 85.3 cm³/mol. The molecule has 0 bridgehead atoms. The fraction of sp³-hybridized carbons (Fsp3) is 0.438. The number of ether oxygens (including phenoxy) is 1. The second kappa shape index (κ2) is 8.77. The van der Waals surface area contributed by atoms with Gasteiger partial charge in [-0.3, -0.25) is 9.59 Å². The first-order chi connectivity index (χ1) is 10.8. The number of carbonyl (C=O) groups excluding carboxylic acids is 2. The van der Waals surface area contributed by atoms with E-state index in [1.54, 1.807) is 45.0 Å². The first kappa shape index (κ1) is 18.5. The Morgan fingerprint density at radius 1 is 1.22 bits per heavy atom. The Kier molecular flexibility index (Phi) is 7.05. The van der Waals surface area contributed by atoms with E-state index in [-0.39, 0.29) is 18.4 Å². The Bertz CT molecular complexity index is 571. The Labute approximate surface area is 135 Å². The maximum atomic E-state index is 11.8. The van der Waals surface area contributed by atoms with Crippen LogP contribution in [0.1, 0.15) is 27.2 Å². The van der Waals surface area contributed by atoms with Crippen molar-refractivity contribution < 1.29 is 24.2 Å². The summed E-state index contributed by atoms with van der Waals surface area (Å²) >= 11 is 0. The molecule has 0 aliphatic rings. The number of nitrogens with one attached hydrogen (secondary N) is 2. The monoisotopic (exact) mass is 322 g/mol. The molecule has 7 heteroatoms. The van der Waals surface area contributed by atoms with Gasteiger partial charge in [0.2, 0.25) is 5.91 Å². The molecule has 2 amide bonds. The third kappa shape index (κ3) is 6.37. The largest absolute Gasteiger partial charge is 0.484 e. The van der Waals surface area contributed by atoms with E-state index < -0.39 is 17.9 Å². The van der Waals surface area contributed by atoms with Gasteiger partial charge >= 0.3 is 5.97 Å². The van der Waals surface area contributed by atoms with E-state index in [1.165, 1.54) is 0 Å². The van der Waals surface area contributed by atoms with E-state index >= 15 is 0 Å². The van der Waals surface area contributed by atoms with Crippen molar-refractivity contribution in [3.8, 4) is 5.75 Å². The van der Waals surface area contributed by atoms with Gasteiger partial charge in [-0.2, -0.15) is 0 Å². The molecule has 3 N–H and O–H groups in total. The molecule has 126 valence electrons. The van der Waals surface area contributed by atoms with Crippen LogP contribution < -0.4 is 15.4 Å². The minimum Gasteiger partial charge on any atom is -0.484 e. The minimum absolute atomic E-state index is 0.124. The molecule has 0 saturated carbocycles. The van der Waals surface area contributed by atoms with Crippen molar-refractivity contribution >= 4 is 23.5 Å². The van der Waals surface area contributed by atoms with Gasteiger partial charge in [-0.05, 0) is 18.1 Å². The molecular formula is C16H22N2O5. The number of amides is 2. The summed E-state index contributed by atoms with van der Waals surface area (Å²) in [7, 11) is 0. The quantitative estimate of drug-likeness (QED) is 0.675. The first-order valence-corrected chi connectivity index (χ1v) is 7.38. The molecule has 0 heterocycles. The molecular weight excluding hydrogens is 300 g/mol. The number of rotatable bonds is 8. The van der Waals surface area contributed by atoms with Crippen LogP contribution in [0.5, 0.6) is 5.75 Å². The smallest absolute Gasteiger partial charge is 0.326 e. The van der Waals surface area contributed by atoms with E-state index in [9.17, 15) is 14.4 Å². The number of aliphatic carboxylic acids is 1. The van der Waals surface area contributed by atoms with Gasteiger partial charge in [0.05, 0.1) is 0 Å². The van der Waals surface area contributed by atoms with Gasteiger partial charge in [-0.15, -0.1) is 0 Å².